The molecular formula is C30H37N7O3S. The average Bonchev–Trinajstić information content (AvgIpc) is 2.97. The van der Waals surface area contributed by atoms with Crippen molar-refractivity contribution >= 4 is 38.6 Å². The van der Waals surface area contributed by atoms with Crippen LogP contribution in [0.3, 0.4) is 0 Å². The predicted octanol–water partition coefficient (Wildman–Crippen LogP) is 3.63. The summed E-state index contributed by atoms with van der Waals surface area (Å²) in [6, 6.07) is 16.2. The zero-order valence-corrected chi connectivity index (χ0v) is 24.6. The number of nitrogens with one attached hydrogen (secondary N) is 1. The number of hydrogen-bond donors (Lipinski definition) is 2. The number of aliphatic imine (C=N–C) groups is 1. The van der Waals surface area contributed by atoms with Crippen molar-refractivity contribution in [2.75, 3.05) is 56.3 Å². The minimum atomic E-state index is -3.19. The predicted molar refractivity (Wildman–Crippen MR) is 164 cm³/mol. The molecule has 0 unspecified atom stereocenters. The lowest BCUT2D eigenvalue weighted by atomic mass is 9.88. The van der Waals surface area contributed by atoms with E-state index in [4.69, 9.17) is 15.5 Å². The van der Waals surface area contributed by atoms with Crippen LogP contribution in [0.1, 0.15) is 30.2 Å². The van der Waals surface area contributed by atoms with E-state index in [1.165, 1.54) is 10.6 Å². The minimum absolute atomic E-state index is 0.446. The Morgan fingerprint density at radius 3 is 2.54 bits per heavy atom. The molecule has 0 amide bonds. The third-order valence-corrected chi connectivity index (χ3v) is 8.75. The van der Waals surface area contributed by atoms with Crippen molar-refractivity contribution in [1.29, 1.82) is 0 Å². The number of aryl methyl sites for hydroxylation is 1. The summed E-state index contributed by atoms with van der Waals surface area (Å²) < 4.78 is 31.3. The summed E-state index contributed by atoms with van der Waals surface area (Å²) in [5, 5.41) is 3.35. The molecule has 11 heteroatoms. The van der Waals surface area contributed by atoms with E-state index < -0.39 is 10.0 Å². The van der Waals surface area contributed by atoms with Crippen LogP contribution in [0.25, 0.3) is 5.57 Å². The van der Waals surface area contributed by atoms with Gasteiger partial charge >= 0.3 is 0 Å². The van der Waals surface area contributed by atoms with Crippen molar-refractivity contribution in [2.24, 2.45) is 10.7 Å². The van der Waals surface area contributed by atoms with Crippen molar-refractivity contribution in [3.8, 4) is 5.75 Å². The van der Waals surface area contributed by atoms with E-state index >= 15 is 0 Å². The van der Waals surface area contributed by atoms with Crippen LogP contribution in [0, 0.1) is 0 Å². The van der Waals surface area contributed by atoms with E-state index in [1.54, 1.807) is 7.05 Å². The molecule has 0 bridgehead atoms. The maximum atomic E-state index is 11.9. The molecule has 2 aliphatic rings. The molecule has 0 atom stereocenters. The fourth-order valence-corrected chi connectivity index (χ4v) is 6.11. The Balaban J connectivity index is 1.39. The molecule has 3 N–H and O–H groups in total. The first-order valence-corrected chi connectivity index (χ1v) is 15.7. The van der Waals surface area contributed by atoms with Crippen LogP contribution in [0.5, 0.6) is 5.75 Å². The van der Waals surface area contributed by atoms with Gasteiger partial charge in [0.2, 0.25) is 16.0 Å². The number of hydrogen-bond acceptors (Lipinski definition) is 9. The number of ether oxygens (including phenoxy) is 1. The Kier molecular flexibility index (Phi) is 8.55. The highest BCUT2D eigenvalue weighted by molar-refractivity contribution is 7.88. The van der Waals surface area contributed by atoms with Gasteiger partial charge < -0.3 is 20.7 Å². The fraction of sp³-hybridized carbons (Fsp3) is 0.367. The van der Waals surface area contributed by atoms with Gasteiger partial charge in [-0.05, 0) is 43.0 Å². The molecule has 1 aliphatic carbocycles. The molecule has 0 radical (unpaired) electrons. The van der Waals surface area contributed by atoms with Gasteiger partial charge in [0.1, 0.15) is 5.75 Å². The van der Waals surface area contributed by atoms with Gasteiger partial charge in [-0.15, -0.1) is 0 Å². The van der Waals surface area contributed by atoms with Gasteiger partial charge in [-0.2, -0.15) is 4.31 Å². The first kappa shape index (κ1) is 28.6. The van der Waals surface area contributed by atoms with Gasteiger partial charge in [0.15, 0.2) is 0 Å². The van der Waals surface area contributed by atoms with E-state index in [1.807, 2.05) is 49.5 Å². The van der Waals surface area contributed by atoms with Crippen LogP contribution in [-0.2, 0) is 22.9 Å². The van der Waals surface area contributed by atoms with Crippen LogP contribution >= 0.6 is 0 Å². The Bertz CT molecular complexity index is 1560. The van der Waals surface area contributed by atoms with Gasteiger partial charge in [0.05, 0.1) is 24.2 Å². The van der Waals surface area contributed by atoms with E-state index in [0.717, 1.165) is 58.0 Å². The molecular weight excluding hydrogens is 538 g/mol. The molecule has 10 nitrogen and oxygen atoms in total. The zero-order chi connectivity index (χ0) is 29.0. The van der Waals surface area contributed by atoms with Crippen molar-refractivity contribution in [1.82, 2.24) is 14.3 Å². The quantitative estimate of drug-likeness (QED) is 0.371. The smallest absolute Gasteiger partial charge is 0.227 e. The second-order valence-corrected chi connectivity index (χ2v) is 12.2. The first-order chi connectivity index (χ1) is 19.8. The highest BCUT2D eigenvalue weighted by Crippen LogP contribution is 2.34. The molecule has 2 heterocycles. The largest absolute Gasteiger partial charge is 0.492 e. The Morgan fingerprint density at radius 2 is 1.85 bits per heavy atom. The number of benzene rings is 2. The molecule has 2 aromatic carbocycles. The fourth-order valence-electron chi connectivity index (χ4n) is 5.29. The Morgan fingerprint density at radius 1 is 1.10 bits per heavy atom. The summed E-state index contributed by atoms with van der Waals surface area (Å²) in [5.41, 5.74) is 13.9. The van der Waals surface area contributed by atoms with Crippen molar-refractivity contribution < 1.29 is 13.2 Å². The SMILES string of the molecule is CCOc1cc(N2CCN(S(C)(=O)=O)CC2)ccc1Nc1ncc2c(n1)C(C(Cc1ccccc1)=NC)=C(N)CC2. The monoisotopic (exact) mass is 575 g/mol. The summed E-state index contributed by atoms with van der Waals surface area (Å²) in [6.07, 6.45) is 5.29. The summed E-state index contributed by atoms with van der Waals surface area (Å²) in [6.45, 7) is 4.57. The molecule has 3 aromatic rings. The zero-order valence-electron chi connectivity index (χ0n) is 23.8. The molecule has 216 valence electrons. The summed E-state index contributed by atoms with van der Waals surface area (Å²) in [5.74, 6) is 1.12. The lowest BCUT2D eigenvalue weighted by Gasteiger charge is -2.35. The van der Waals surface area contributed by atoms with Gasteiger partial charge in [-0.3, -0.25) is 4.99 Å². The molecule has 1 saturated heterocycles. The number of fused-ring (bicyclic) bond motifs is 1. The van der Waals surface area contributed by atoms with E-state index in [-0.39, 0.29) is 0 Å². The summed E-state index contributed by atoms with van der Waals surface area (Å²) in [4.78, 5) is 16.3. The number of sulfonamides is 1. The number of rotatable bonds is 9. The highest BCUT2D eigenvalue weighted by Gasteiger charge is 2.26. The normalized spacial score (nSPS) is 16.5. The molecule has 0 spiro atoms. The minimum Gasteiger partial charge on any atom is -0.492 e. The summed E-state index contributed by atoms with van der Waals surface area (Å²) in [7, 11) is -1.39. The van der Waals surface area contributed by atoms with Crippen molar-refractivity contribution in [2.45, 2.75) is 26.2 Å². The third kappa shape index (κ3) is 6.52. The van der Waals surface area contributed by atoms with Gasteiger partial charge in [0.25, 0.3) is 0 Å². The maximum Gasteiger partial charge on any atom is 0.227 e. The number of aromatic nitrogens is 2. The molecule has 1 aliphatic heterocycles. The van der Waals surface area contributed by atoms with Crippen LogP contribution in [0.4, 0.5) is 17.3 Å². The van der Waals surface area contributed by atoms with Crippen molar-refractivity contribution in [3.63, 3.8) is 0 Å². The first-order valence-electron chi connectivity index (χ1n) is 13.9. The maximum absolute atomic E-state index is 11.9. The Hall–Kier alpha value is -3.96. The van der Waals surface area contributed by atoms with Crippen LogP contribution in [-0.4, -0.2) is 74.5 Å². The second kappa shape index (κ2) is 12.3. The van der Waals surface area contributed by atoms with Gasteiger partial charge in [0, 0.05) is 74.6 Å². The third-order valence-electron chi connectivity index (χ3n) is 7.44. The second-order valence-electron chi connectivity index (χ2n) is 10.2. The standard InChI is InChI=1S/C30H37N7O3S/c1-4-40-27-19-23(36-14-16-37(17-15-36)41(3,38)39)11-13-25(27)34-30-33-20-22-10-12-24(31)28(29(22)35-30)26(32-2)18-21-8-6-5-7-9-21/h5-9,11,13,19-20H,4,10,12,14-18,31H2,1-3H3,(H,33,34,35). The highest BCUT2D eigenvalue weighted by atomic mass is 32.2. The topological polar surface area (TPSA) is 126 Å². The average molecular weight is 576 g/mol. The number of nitrogens with two attached hydrogens (primary N) is 1. The van der Waals surface area contributed by atoms with E-state index in [2.05, 4.69) is 32.3 Å². The van der Waals surface area contributed by atoms with Gasteiger partial charge in [-0.25, -0.2) is 18.4 Å². The lowest BCUT2D eigenvalue weighted by Crippen LogP contribution is -2.48. The summed E-state index contributed by atoms with van der Waals surface area (Å²) >= 11 is 0. The van der Waals surface area contributed by atoms with Crippen LogP contribution in [0.15, 0.2) is 65.4 Å². The number of piperazine rings is 1. The van der Waals surface area contributed by atoms with Crippen LogP contribution in [0.2, 0.25) is 0 Å². The molecule has 1 fully saturated rings. The Labute approximate surface area is 242 Å². The van der Waals surface area contributed by atoms with Crippen LogP contribution < -0.4 is 20.7 Å². The molecule has 5 rings (SSSR count). The van der Waals surface area contributed by atoms with Crippen molar-refractivity contribution in [3.05, 3.63) is 77.2 Å². The number of allylic oxidation sites excluding steroid dienone is 2. The van der Waals surface area contributed by atoms with E-state index in [0.29, 0.717) is 50.9 Å². The van der Waals surface area contributed by atoms with Gasteiger partial charge in [-0.1, -0.05) is 30.3 Å². The number of anilines is 3. The molecule has 0 saturated carbocycles. The number of nitrogens with zero attached hydrogens (tertiary/aromatic N) is 5. The molecule has 1 aromatic heterocycles. The van der Waals surface area contributed by atoms with E-state index in [9.17, 15) is 8.42 Å². The molecule has 41 heavy (non-hydrogen) atoms. The lowest BCUT2D eigenvalue weighted by molar-refractivity contribution is 0.341.